The Morgan fingerprint density at radius 2 is 1.93 bits per heavy atom. The molecule has 1 aliphatic carbocycles. The second kappa shape index (κ2) is 11.6. The third-order valence-electron chi connectivity index (χ3n) is 7.92. The van der Waals surface area contributed by atoms with Gasteiger partial charge in [-0.2, -0.15) is 0 Å². The summed E-state index contributed by atoms with van der Waals surface area (Å²) in [6, 6.07) is 3.35. The van der Waals surface area contributed by atoms with Gasteiger partial charge in [-0.05, 0) is 30.4 Å². The number of hydrogen-bond acceptors (Lipinski definition) is 13. The molecule has 1 aromatic carbocycles. The van der Waals surface area contributed by atoms with Gasteiger partial charge >= 0.3 is 5.97 Å². The molecule has 0 radical (unpaired) electrons. The maximum absolute atomic E-state index is 13.4. The van der Waals surface area contributed by atoms with Crippen LogP contribution in [-0.2, 0) is 30.6 Å². The second-order valence-corrected chi connectivity index (χ2v) is 12.8. The highest BCUT2D eigenvalue weighted by Gasteiger charge is 2.53. The number of carbonyl (C=O) groups excluding carboxylic acids is 3. The number of rotatable bonds is 9. The van der Waals surface area contributed by atoms with Crippen molar-refractivity contribution in [3.05, 3.63) is 52.9 Å². The van der Waals surface area contributed by atoms with Gasteiger partial charge in [-0.15, -0.1) is 23.1 Å². The van der Waals surface area contributed by atoms with Crippen molar-refractivity contribution >= 4 is 68.5 Å². The maximum Gasteiger partial charge on any atom is 0.350 e. The van der Waals surface area contributed by atoms with Crippen LogP contribution >= 0.6 is 23.1 Å². The molecule has 15 nitrogen and oxygen atoms in total. The lowest BCUT2D eigenvalue weighted by atomic mass is 10.0. The summed E-state index contributed by atoms with van der Waals surface area (Å²) in [7, 11) is 0. The molecule has 2 aromatic heterocycles. The molecule has 2 amide bonds. The Labute approximate surface area is 262 Å². The number of nitrogens with one attached hydrogen (secondary N) is 1. The number of pyridine rings is 1. The number of nitrogens with two attached hydrogens (primary N) is 1. The van der Waals surface area contributed by atoms with Gasteiger partial charge in [0, 0.05) is 41.0 Å². The molecular formula is C28H26N6O9S2. The molecular weight excluding hydrogens is 628 g/mol. The predicted octanol–water partition coefficient (Wildman–Crippen LogP) is -0.201. The van der Waals surface area contributed by atoms with E-state index in [-0.39, 0.29) is 58.9 Å². The monoisotopic (exact) mass is 654 g/mol. The quantitative estimate of drug-likeness (QED) is 0.0664. The smallest absolute Gasteiger partial charge is 0.350 e. The molecule has 6 rings (SSSR count). The summed E-state index contributed by atoms with van der Waals surface area (Å²) in [6.07, 6.45) is 4.98. The zero-order valence-electron chi connectivity index (χ0n) is 23.3. The van der Waals surface area contributed by atoms with Crippen LogP contribution in [0.1, 0.15) is 31.4 Å². The van der Waals surface area contributed by atoms with Gasteiger partial charge in [0.15, 0.2) is 41.3 Å². The number of carbonyl (C=O) groups is 4. The fourth-order valence-electron chi connectivity index (χ4n) is 5.61. The van der Waals surface area contributed by atoms with Crippen molar-refractivity contribution in [1.82, 2.24) is 15.2 Å². The minimum absolute atomic E-state index is 0.0296. The maximum atomic E-state index is 13.4. The van der Waals surface area contributed by atoms with Crippen molar-refractivity contribution in [3.8, 4) is 11.5 Å². The van der Waals surface area contributed by atoms with E-state index in [1.165, 1.54) is 29.3 Å². The van der Waals surface area contributed by atoms with Gasteiger partial charge in [-0.3, -0.25) is 14.5 Å². The van der Waals surface area contributed by atoms with Crippen molar-refractivity contribution in [3.63, 3.8) is 0 Å². The van der Waals surface area contributed by atoms with Crippen LogP contribution in [0.15, 0.2) is 52.4 Å². The summed E-state index contributed by atoms with van der Waals surface area (Å²) in [5, 5.41) is 50.2. The van der Waals surface area contributed by atoms with E-state index in [4.69, 9.17) is 10.6 Å². The van der Waals surface area contributed by atoms with Crippen molar-refractivity contribution < 1.29 is 49.0 Å². The number of benzene rings is 1. The summed E-state index contributed by atoms with van der Waals surface area (Å²) >= 11 is 2.27. The topological polar surface area (TPSA) is 232 Å². The summed E-state index contributed by atoms with van der Waals surface area (Å²) in [5.74, 6) is -4.69. The Morgan fingerprint density at radius 3 is 2.58 bits per heavy atom. The van der Waals surface area contributed by atoms with E-state index >= 15 is 0 Å². The number of amides is 2. The molecule has 1 saturated heterocycles. The van der Waals surface area contributed by atoms with Gasteiger partial charge in [0.05, 0.1) is 11.7 Å². The number of nitrogens with zero attached hydrogens (tertiary/aromatic N) is 4. The van der Waals surface area contributed by atoms with Crippen LogP contribution in [-0.4, -0.2) is 77.4 Å². The number of fused-ring (bicyclic) bond motifs is 2. The first-order valence-corrected chi connectivity index (χ1v) is 15.6. The zero-order valence-corrected chi connectivity index (χ0v) is 25.0. The average Bonchev–Trinajstić information content (AvgIpc) is 3.66. The molecule has 1 unspecified atom stereocenters. The highest BCUT2D eigenvalue weighted by molar-refractivity contribution is 8.00. The summed E-state index contributed by atoms with van der Waals surface area (Å²) in [4.78, 5) is 61.5. The minimum atomic E-state index is -1.59. The fraction of sp³-hybridized carbons (Fsp3) is 0.321. The van der Waals surface area contributed by atoms with Gasteiger partial charge in [0.25, 0.3) is 11.8 Å². The molecule has 0 spiro atoms. The average molecular weight is 655 g/mol. The van der Waals surface area contributed by atoms with Crippen molar-refractivity contribution in [2.24, 2.45) is 5.16 Å². The minimum Gasteiger partial charge on any atom is -0.543 e. The van der Waals surface area contributed by atoms with Gasteiger partial charge in [0.1, 0.15) is 17.1 Å². The molecule has 45 heavy (non-hydrogen) atoms. The molecule has 3 aromatic rings. The van der Waals surface area contributed by atoms with Crippen LogP contribution < -0.4 is 20.7 Å². The molecule has 2 atom stereocenters. The molecule has 17 heteroatoms. The first-order valence-electron chi connectivity index (χ1n) is 13.7. The van der Waals surface area contributed by atoms with Crippen LogP contribution in [0.2, 0.25) is 0 Å². The Hall–Kier alpha value is -4.90. The van der Waals surface area contributed by atoms with Crippen LogP contribution in [0, 0.1) is 0 Å². The highest BCUT2D eigenvalue weighted by atomic mass is 32.2. The first-order chi connectivity index (χ1) is 21.5. The number of nitrogen functional groups attached to an aromatic ring is 1. The largest absolute Gasteiger partial charge is 0.543 e. The van der Waals surface area contributed by atoms with Crippen LogP contribution in [0.4, 0.5) is 5.13 Å². The van der Waals surface area contributed by atoms with Gasteiger partial charge in [-0.1, -0.05) is 5.16 Å². The number of phenols is 2. The number of oxime groups is 1. The number of aliphatic carboxylic acids is 2. The fourth-order valence-corrected chi connectivity index (χ4v) is 7.49. The number of phenolic OH excluding ortho intramolecular Hbond substituents is 2. The molecule has 2 fully saturated rings. The van der Waals surface area contributed by atoms with E-state index in [0.29, 0.717) is 29.2 Å². The first kappa shape index (κ1) is 30.1. The Balaban J connectivity index is 1.22. The molecule has 6 N–H and O–H groups in total. The molecule has 2 aliphatic heterocycles. The lowest BCUT2D eigenvalue weighted by Gasteiger charge is -2.50. The molecule has 234 valence electrons. The van der Waals surface area contributed by atoms with Crippen LogP contribution in [0.5, 0.6) is 11.5 Å². The summed E-state index contributed by atoms with van der Waals surface area (Å²) in [6.45, 7) is 0.0894. The standard InChI is InChI=1S/C28H26N6O9S2/c29-27-30-16(12-45-27)19(32-43-28(26(41)42)4-1-2-5-28)22(37)31-20-23(38)34-21(25(39)40)15(11-44-24(20)34)10-33-6-3-13-7-17(35)18(36)8-14(13)9-33/h3,6-9,12,20,24H,1-2,4-5,10-11H2,(H6,29,30,31,36,37,39,40,41,42)/t20?,24-/m1/s1. The summed E-state index contributed by atoms with van der Waals surface area (Å²) < 4.78 is 1.68. The number of aromatic nitrogens is 2. The number of β-lactam (4-membered cyclic amide) rings is 1. The number of thiazole rings is 1. The SMILES string of the molecule is Nc1nc(C(=NOC2(C(=O)O)CCCC2)C(=O)NC2C(=O)N3C(C(=O)[O-])=C(C[n+]4ccc5cc(O)c(O)cc5c4)CS[C@H]23)cs1. The Kier molecular flexibility index (Phi) is 7.74. The molecule has 3 aliphatic rings. The van der Waals surface area contributed by atoms with E-state index in [1.54, 1.807) is 23.0 Å². The third kappa shape index (κ3) is 5.48. The van der Waals surface area contributed by atoms with E-state index in [0.717, 1.165) is 16.2 Å². The molecule has 1 saturated carbocycles. The van der Waals surface area contributed by atoms with Crippen molar-refractivity contribution in [2.75, 3.05) is 11.5 Å². The number of aromatic hydroxyl groups is 2. The van der Waals surface area contributed by atoms with Gasteiger partial charge in [-0.25, -0.2) is 14.3 Å². The van der Waals surface area contributed by atoms with Crippen molar-refractivity contribution in [2.45, 2.75) is 49.2 Å². The normalized spacial score (nSPS) is 20.9. The Bertz CT molecular complexity index is 1820. The third-order valence-corrected chi connectivity index (χ3v) is 9.94. The van der Waals surface area contributed by atoms with E-state index in [2.05, 4.69) is 15.5 Å². The van der Waals surface area contributed by atoms with Crippen LogP contribution in [0.25, 0.3) is 10.8 Å². The van der Waals surface area contributed by atoms with Gasteiger partial charge < -0.3 is 41.1 Å². The Morgan fingerprint density at radius 1 is 1.22 bits per heavy atom. The lowest BCUT2D eigenvalue weighted by molar-refractivity contribution is -0.687. The van der Waals surface area contributed by atoms with Crippen LogP contribution in [0.3, 0.4) is 0 Å². The van der Waals surface area contributed by atoms with E-state index in [9.17, 15) is 39.6 Å². The predicted molar refractivity (Wildman–Crippen MR) is 158 cm³/mol. The number of anilines is 1. The number of thioether (sulfide) groups is 1. The highest BCUT2D eigenvalue weighted by Crippen LogP contribution is 2.40. The second-order valence-electron chi connectivity index (χ2n) is 10.8. The van der Waals surface area contributed by atoms with Gasteiger partial charge in [0.2, 0.25) is 5.60 Å². The zero-order chi connectivity index (χ0) is 32.0. The van der Waals surface area contributed by atoms with E-state index < -0.39 is 40.8 Å². The van der Waals surface area contributed by atoms with E-state index in [1.807, 2.05) is 0 Å². The van der Waals surface area contributed by atoms with Crippen molar-refractivity contribution in [1.29, 1.82) is 0 Å². The number of carboxylic acids is 2. The summed E-state index contributed by atoms with van der Waals surface area (Å²) in [5.41, 5.74) is 3.90. The number of carboxylic acid groups (broad SMARTS) is 2. The lowest BCUT2D eigenvalue weighted by Crippen LogP contribution is -2.71. The molecule has 4 heterocycles. The molecule has 0 bridgehead atoms. The number of hydrogen-bond donors (Lipinski definition) is 5.